The van der Waals surface area contributed by atoms with Crippen LogP contribution < -0.4 is 5.73 Å². The number of carbonyl (C=O) groups excluding carboxylic acids is 1. The van der Waals surface area contributed by atoms with E-state index in [1.165, 1.54) is 25.7 Å². The Morgan fingerprint density at radius 1 is 1.26 bits per heavy atom. The van der Waals surface area contributed by atoms with E-state index in [0.29, 0.717) is 24.2 Å². The van der Waals surface area contributed by atoms with Crippen molar-refractivity contribution < 1.29 is 4.79 Å². The Kier molecular flexibility index (Phi) is 7.44. The van der Waals surface area contributed by atoms with Crippen LogP contribution in [-0.2, 0) is 4.79 Å². The summed E-state index contributed by atoms with van der Waals surface area (Å²) in [5.74, 6) is 2.28. The molecule has 1 unspecified atom stereocenters. The minimum Gasteiger partial charge on any atom is -0.345 e. The van der Waals surface area contributed by atoms with Crippen molar-refractivity contribution in [2.24, 2.45) is 23.5 Å². The second-order valence-corrected chi connectivity index (χ2v) is 6.54. The number of carbonyl (C=O) groups is 1. The first-order valence-corrected chi connectivity index (χ1v) is 7.98. The number of nitrogens with zero attached hydrogens (tertiary/aromatic N) is 1. The molecule has 1 saturated carbocycles. The van der Waals surface area contributed by atoms with Crippen LogP contribution in [0.5, 0.6) is 0 Å². The van der Waals surface area contributed by atoms with E-state index in [1.807, 2.05) is 11.9 Å². The first-order valence-electron chi connectivity index (χ1n) is 7.98. The topological polar surface area (TPSA) is 46.3 Å². The van der Waals surface area contributed by atoms with E-state index >= 15 is 0 Å². The van der Waals surface area contributed by atoms with Gasteiger partial charge in [0.25, 0.3) is 0 Å². The Balaban J connectivity index is 2.28. The molecule has 0 radical (unpaired) electrons. The summed E-state index contributed by atoms with van der Waals surface area (Å²) in [7, 11) is 1.97. The molecule has 0 aromatic heterocycles. The van der Waals surface area contributed by atoms with Gasteiger partial charge in [0.15, 0.2) is 0 Å². The molecule has 19 heavy (non-hydrogen) atoms. The molecule has 0 aromatic rings. The number of hydrogen-bond acceptors (Lipinski definition) is 2. The molecule has 1 amide bonds. The summed E-state index contributed by atoms with van der Waals surface area (Å²) in [5.41, 5.74) is 5.65. The van der Waals surface area contributed by atoms with Gasteiger partial charge in [-0.15, -0.1) is 0 Å². The quantitative estimate of drug-likeness (QED) is 0.735. The number of rotatable bonds is 8. The van der Waals surface area contributed by atoms with E-state index < -0.39 is 0 Å². The molecular weight excluding hydrogens is 236 g/mol. The Bertz CT molecular complexity index is 259. The molecule has 0 aliphatic heterocycles. The third-order valence-corrected chi connectivity index (χ3v) is 4.64. The molecule has 0 aromatic carbocycles. The number of hydrogen-bond donors (Lipinski definition) is 1. The van der Waals surface area contributed by atoms with Crippen LogP contribution in [0.3, 0.4) is 0 Å². The summed E-state index contributed by atoms with van der Waals surface area (Å²) in [6.07, 6.45) is 8.02. The fraction of sp³-hybridized carbons (Fsp3) is 0.938. The maximum Gasteiger partial charge on any atom is 0.222 e. The maximum absolute atomic E-state index is 12.2. The lowest BCUT2D eigenvalue weighted by Gasteiger charge is -2.24. The monoisotopic (exact) mass is 268 g/mol. The van der Waals surface area contributed by atoms with Crippen LogP contribution in [0.15, 0.2) is 0 Å². The average molecular weight is 268 g/mol. The lowest BCUT2D eigenvalue weighted by atomic mass is 9.88. The zero-order chi connectivity index (χ0) is 14.3. The van der Waals surface area contributed by atoms with Gasteiger partial charge in [0.05, 0.1) is 0 Å². The summed E-state index contributed by atoms with van der Waals surface area (Å²) >= 11 is 0. The van der Waals surface area contributed by atoms with Gasteiger partial charge in [-0.1, -0.05) is 26.7 Å². The van der Waals surface area contributed by atoms with Gasteiger partial charge in [-0.2, -0.15) is 0 Å². The molecule has 1 atom stereocenters. The van der Waals surface area contributed by atoms with Crippen molar-refractivity contribution in [2.75, 3.05) is 20.1 Å². The fourth-order valence-electron chi connectivity index (χ4n) is 3.21. The lowest BCUT2D eigenvalue weighted by molar-refractivity contribution is -0.130. The molecule has 0 spiro atoms. The molecule has 1 rings (SSSR count). The molecule has 1 aliphatic carbocycles. The maximum atomic E-state index is 12.2. The van der Waals surface area contributed by atoms with Crippen LogP contribution >= 0.6 is 0 Å². The van der Waals surface area contributed by atoms with E-state index in [4.69, 9.17) is 5.73 Å². The number of amides is 1. The van der Waals surface area contributed by atoms with Gasteiger partial charge in [-0.3, -0.25) is 4.79 Å². The normalized spacial score (nSPS) is 17.9. The van der Waals surface area contributed by atoms with Crippen molar-refractivity contribution >= 4 is 5.91 Å². The highest BCUT2D eigenvalue weighted by Gasteiger charge is 2.20. The van der Waals surface area contributed by atoms with Crippen molar-refractivity contribution in [1.82, 2.24) is 4.90 Å². The second-order valence-electron chi connectivity index (χ2n) is 6.54. The van der Waals surface area contributed by atoms with Crippen molar-refractivity contribution in [3.8, 4) is 0 Å². The molecular formula is C16H32N2O. The summed E-state index contributed by atoms with van der Waals surface area (Å²) in [6, 6.07) is 0. The molecule has 3 nitrogen and oxygen atoms in total. The van der Waals surface area contributed by atoms with Gasteiger partial charge in [-0.05, 0) is 50.0 Å². The SMILES string of the molecule is CC(C)C(CCN)CCC(=O)N(C)CC1CCCC1. The highest BCUT2D eigenvalue weighted by atomic mass is 16.2. The zero-order valence-electron chi connectivity index (χ0n) is 13.0. The molecule has 0 heterocycles. The van der Waals surface area contributed by atoms with Gasteiger partial charge in [0.2, 0.25) is 5.91 Å². The first-order chi connectivity index (χ1) is 9.04. The van der Waals surface area contributed by atoms with Gasteiger partial charge >= 0.3 is 0 Å². The Labute approximate surface area is 118 Å². The molecule has 1 aliphatic rings. The third-order valence-electron chi connectivity index (χ3n) is 4.64. The van der Waals surface area contributed by atoms with Gasteiger partial charge in [0, 0.05) is 20.0 Å². The first kappa shape index (κ1) is 16.5. The summed E-state index contributed by atoms with van der Waals surface area (Å²) in [4.78, 5) is 14.1. The van der Waals surface area contributed by atoms with E-state index in [1.54, 1.807) is 0 Å². The molecule has 3 heteroatoms. The molecule has 112 valence electrons. The summed E-state index contributed by atoms with van der Waals surface area (Å²) < 4.78 is 0. The Morgan fingerprint density at radius 3 is 2.42 bits per heavy atom. The third kappa shape index (κ3) is 5.94. The second kappa shape index (κ2) is 8.57. The average Bonchev–Trinajstić information content (AvgIpc) is 2.86. The molecule has 1 fully saturated rings. The van der Waals surface area contributed by atoms with Gasteiger partial charge < -0.3 is 10.6 Å². The van der Waals surface area contributed by atoms with E-state index in [0.717, 1.165) is 31.8 Å². The Hall–Kier alpha value is -0.570. The predicted molar refractivity (Wildman–Crippen MR) is 80.8 cm³/mol. The minimum absolute atomic E-state index is 0.314. The van der Waals surface area contributed by atoms with Gasteiger partial charge in [-0.25, -0.2) is 0 Å². The van der Waals surface area contributed by atoms with Crippen LogP contribution in [0.1, 0.15) is 58.8 Å². The van der Waals surface area contributed by atoms with E-state index in [9.17, 15) is 4.79 Å². The van der Waals surface area contributed by atoms with Crippen LogP contribution in [0.4, 0.5) is 0 Å². The van der Waals surface area contributed by atoms with E-state index in [2.05, 4.69) is 13.8 Å². The van der Waals surface area contributed by atoms with Crippen LogP contribution in [0, 0.1) is 17.8 Å². The highest BCUT2D eigenvalue weighted by Crippen LogP contribution is 2.26. The smallest absolute Gasteiger partial charge is 0.222 e. The van der Waals surface area contributed by atoms with Crippen LogP contribution in [0.2, 0.25) is 0 Å². The van der Waals surface area contributed by atoms with E-state index in [-0.39, 0.29) is 0 Å². The van der Waals surface area contributed by atoms with Crippen LogP contribution in [-0.4, -0.2) is 30.9 Å². The minimum atomic E-state index is 0.314. The standard InChI is InChI=1S/C16H32N2O/c1-13(2)15(10-11-17)8-9-16(19)18(3)12-14-6-4-5-7-14/h13-15H,4-12,17H2,1-3H3. The lowest BCUT2D eigenvalue weighted by Crippen LogP contribution is -2.31. The highest BCUT2D eigenvalue weighted by molar-refractivity contribution is 5.75. The summed E-state index contributed by atoms with van der Waals surface area (Å²) in [6.45, 7) is 6.15. The number of nitrogens with two attached hydrogens (primary N) is 1. The van der Waals surface area contributed by atoms with Crippen molar-refractivity contribution in [1.29, 1.82) is 0 Å². The zero-order valence-corrected chi connectivity index (χ0v) is 13.0. The molecule has 0 saturated heterocycles. The largest absolute Gasteiger partial charge is 0.345 e. The predicted octanol–water partition coefficient (Wildman–Crippen LogP) is 3.04. The summed E-state index contributed by atoms with van der Waals surface area (Å²) in [5, 5.41) is 0. The van der Waals surface area contributed by atoms with Gasteiger partial charge in [0.1, 0.15) is 0 Å². The van der Waals surface area contributed by atoms with Crippen molar-refractivity contribution in [3.63, 3.8) is 0 Å². The van der Waals surface area contributed by atoms with Crippen molar-refractivity contribution in [2.45, 2.75) is 58.8 Å². The van der Waals surface area contributed by atoms with Crippen LogP contribution in [0.25, 0.3) is 0 Å². The molecule has 0 bridgehead atoms. The Morgan fingerprint density at radius 2 is 1.89 bits per heavy atom. The fourth-order valence-corrected chi connectivity index (χ4v) is 3.21. The van der Waals surface area contributed by atoms with Crippen molar-refractivity contribution in [3.05, 3.63) is 0 Å². The molecule has 2 N–H and O–H groups in total.